The zero-order valence-electron chi connectivity index (χ0n) is 62.0. The van der Waals surface area contributed by atoms with Gasteiger partial charge in [-0.1, -0.05) is 343 Å². The number of esters is 4. The number of phosphoric ester groups is 2. The van der Waals surface area contributed by atoms with Crippen LogP contribution in [-0.2, 0) is 65.4 Å². The van der Waals surface area contributed by atoms with Crippen molar-refractivity contribution in [2.75, 3.05) is 39.6 Å². The van der Waals surface area contributed by atoms with E-state index in [1.807, 2.05) is 0 Å². The van der Waals surface area contributed by atoms with E-state index in [1.54, 1.807) is 0 Å². The largest absolute Gasteiger partial charge is 0.472 e. The van der Waals surface area contributed by atoms with Crippen molar-refractivity contribution in [1.29, 1.82) is 0 Å². The number of phosphoric acid groups is 2. The van der Waals surface area contributed by atoms with E-state index in [1.165, 1.54) is 205 Å². The van der Waals surface area contributed by atoms with Gasteiger partial charge in [0.1, 0.15) is 19.3 Å². The molecule has 0 amide bonds. The van der Waals surface area contributed by atoms with Crippen molar-refractivity contribution in [3.63, 3.8) is 0 Å². The molecule has 0 aromatic rings. The Morgan fingerprint density at radius 1 is 0.284 bits per heavy atom. The van der Waals surface area contributed by atoms with Crippen molar-refractivity contribution < 1.29 is 80.2 Å². The Labute approximate surface area is 581 Å². The molecule has 95 heavy (non-hydrogen) atoms. The maximum atomic E-state index is 13.1. The van der Waals surface area contributed by atoms with Crippen LogP contribution in [0, 0.1) is 11.8 Å². The highest BCUT2D eigenvalue weighted by atomic mass is 31.2. The first-order valence-corrected chi connectivity index (χ1v) is 42.5. The molecule has 5 atom stereocenters. The van der Waals surface area contributed by atoms with Crippen molar-refractivity contribution in [3.05, 3.63) is 0 Å². The van der Waals surface area contributed by atoms with Crippen molar-refractivity contribution >= 4 is 39.5 Å². The Balaban J connectivity index is 5.19. The number of hydrogen-bond acceptors (Lipinski definition) is 15. The Kier molecular flexibility index (Phi) is 66.5. The molecular formula is C76H148O17P2. The molecule has 0 aliphatic carbocycles. The maximum absolute atomic E-state index is 13.1. The van der Waals surface area contributed by atoms with Gasteiger partial charge in [-0.25, -0.2) is 9.13 Å². The molecule has 0 heterocycles. The van der Waals surface area contributed by atoms with E-state index in [-0.39, 0.29) is 25.7 Å². The predicted octanol–water partition coefficient (Wildman–Crippen LogP) is 22.3. The molecule has 0 rings (SSSR count). The normalized spacial score (nSPS) is 14.0. The van der Waals surface area contributed by atoms with Gasteiger partial charge in [-0.3, -0.25) is 37.3 Å². The van der Waals surface area contributed by atoms with E-state index >= 15 is 0 Å². The second kappa shape index (κ2) is 67.9. The van der Waals surface area contributed by atoms with Gasteiger partial charge in [0.2, 0.25) is 0 Å². The quantitative estimate of drug-likeness (QED) is 0.0222. The monoisotopic (exact) mass is 1400 g/mol. The average Bonchev–Trinajstić information content (AvgIpc) is 1.99. The van der Waals surface area contributed by atoms with E-state index in [0.717, 1.165) is 102 Å². The lowest BCUT2D eigenvalue weighted by atomic mass is 10.0. The van der Waals surface area contributed by atoms with E-state index in [4.69, 9.17) is 37.0 Å². The summed E-state index contributed by atoms with van der Waals surface area (Å²) in [5, 5.41) is 10.6. The second-order valence-electron chi connectivity index (χ2n) is 28.3. The number of aliphatic hydroxyl groups is 1. The number of aliphatic hydroxyl groups excluding tert-OH is 1. The summed E-state index contributed by atoms with van der Waals surface area (Å²) in [7, 11) is -9.91. The summed E-state index contributed by atoms with van der Waals surface area (Å²) in [5.74, 6) is -0.616. The second-order valence-corrected chi connectivity index (χ2v) is 31.3. The lowest BCUT2D eigenvalue weighted by molar-refractivity contribution is -0.161. The van der Waals surface area contributed by atoms with E-state index in [0.29, 0.717) is 31.6 Å². The highest BCUT2D eigenvalue weighted by molar-refractivity contribution is 7.47. The van der Waals surface area contributed by atoms with Crippen LogP contribution in [0.25, 0.3) is 0 Å². The van der Waals surface area contributed by atoms with Crippen molar-refractivity contribution in [2.45, 2.75) is 413 Å². The van der Waals surface area contributed by atoms with Gasteiger partial charge in [0.25, 0.3) is 0 Å². The van der Waals surface area contributed by atoms with Crippen LogP contribution in [0.3, 0.4) is 0 Å². The predicted molar refractivity (Wildman–Crippen MR) is 386 cm³/mol. The van der Waals surface area contributed by atoms with Crippen LogP contribution in [-0.4, -0.2) is 96.7 Å². The minimum atomic E-state index is -4.96. The molecule has 19 heteroatoms. The fraction of sp³-hybridized carbons (Fsp3) is 0.947. The standard InChI is InChI=1S/C76H148O17P2/c1-7-9-11-13-15-17-19-27-32-35-39-46-52-58-73(78)86-64-71(92-76(81)61-55-49-41-37-33-29-26-24-22-21-23-25-28-30-34-38-44-50-56-68(3)4)66-90-94(82,83)88-62-70(77)63-89-95(84,85)91-67-72(65-87-74(79)59-53-47-43-42-45-51-57-69(5)6)93-75(80)60-54-48-40-36-31-20-18-16-14-12-10-8-2/h68-72,77H,7-67H2,1-6H3,(H,82,83)(H,84,85)/t70-,71-,72-/m1/s1. The number of ether oxygens (including phenoxy) is 4. The summed E-state index contributed by atoms with van der Waals surface area (Å²) in [4.78, 5) is 72.7. The molecule has 0 saturated heterocycles. The number of unbranched alkanes of at least 4 members (excludes halogenated alkanes) is 45. The summed E-state index contributed by atoms with van der Waals surface area (Å²) >= 11 is 0. The Hall–Kier alpha value is -1.94. The van der Waals surface area contributed by atoms with Crippen molar-refractivity contribution in [1.82, 2.24) is 0 Å². The Morgan fingerprint density at radius 2 is 0.484 bits per heavy atom. The summed E-state index contributed by atoms with van der Waals surface area (Å²) in [6, 6.07) is 0. The SMILES string of the molecule is CCCCCCCCCCCCCCCC(=O)OC[C@H](COP(=O)(O)OC[C@@H](O)COP(=O)(O)OC[C@@H](COC(=O)CCCCCCCCC(C)C)OC(=O)CCCCCCCCCCCCCC)OC(=O)CCCCCCCCCCCCCCCCCCCCC(C)C. The molecule has 0 spiro atoms. The highest BCUT2D eigenvalue weighted by Gasteiger charge is 2.30. The van der Waals surface area contributed by atoms with Crippen LogP contribution in [0.5, 0.6) is 0 Å². The number of carbonyl (C=O) groups excluding carboxylic acids is 4. The zero-order valence-corrected chi connectivity index (χ0v) is 63.8. The molecule has 0 saturated carbocycles. The molecule has 0 aliphatic heterocycles. The summed E-state index contributed by atoms with van der Waals surface area (Å²) in [6.07, 6.45) is 55.6. The van der Waals surface area contributed by atoms with E-state index in [2.05, 4.69) is 41.5 Å². The number of carbonyl (C=O) groups is 4. The smallest absolute Gasteiger partial charge is 0.462 e. The van der Waals surface area contributed by atoms with Gasteiger partial charge in [0.05, 0.1) is 26.4 Å². The molecule has 0 bridgehead atoms. The molecule has 17 nitrogen and oxygen atoms in total. The van der Waals surface area contributed by atoms with Crippen molar-refractivity contribution in [2.24, 2.45) is 11.8 Å². The molecule has 0 fully saturated rings. The third-order valence-electron chi connectivity index (χ3n) is 17.7. The van der Waals surface area contributed by atoms with Crippen LogP contribution < -0.4 is 0 Å². The number of rotatable bonds is 75. The van der Waals surface area contributed by atoms with Crippen LogP contribution in [0.1, 0.15) is 395 Å². The first-order chi connectivity index (χ1) is 45.9. The molecule has 0 radical (unpaired) electrons. The third kappa shape index (κ3) is 70.3. The van der Waals surface area contributed by atoms with Gasteiger partial charge in [0, 0.05) is 25.7 Å². The molecule has 0 aliphatic rings. The first kappa shape index (κ1) is 93.1. The third-order valence-corrected chi connectivity index (χ3v) is 19.6. The van der Waals surface area contributed by atoms with E-state index < -0.39 is 97.5 Å². The van der Waals surface area contributed by atoms with Gasteiger partial charge in [-0.05, 0) is 37.5 Å². The molecule has 0 aromatic heterocycles. The fourth-order valence-electron chi connectivity index (χ4n) is 11.7. The molecule has 564 valence electrons. The zero-order chi connectivity index (χ0) is 70.0. The lowest BCUT2D eigenvalue weighted by Gasteiger charge is -2.21. The molecular weight excluding hydrogens is 1250 g/mol. The topological polar surface area (TPSA) is 237 Å². The van der Waals surface area contributed by atoms with Gasteiger partial charge in [-0.2, -0.15) is 0 Å². The summed E-state index contributed by atoms with van der Waals surface area (Å²) in [6.45, 7) is 9.55. The minimum absolute atomic E-state index is 0.106. The van der Waals surface area contributed by atoms with Gasteiger partial charge in [-0.15, -0.1) is 0 Å². The van der Waals surface area contributed by atoms with Crippen LogP contribution in [0.4, 0.5) is 0 Å². The van der Waals surface area contributed by atoms with Gasteiger partial charge in [0.15, 0.2) is 12.2 Å². The molecule has 3 N–H and O–H groups in total. The Bertz CT molecular complexity index is 1840. The molecule has 2 unspecified atom stereocenters. The van der Waals surface area contributed by atoms with Crippen LogP contribution in [0.2, 0.25) is 0 Å². The lowest BCUT2D eigenvalue weighted by Crippen LogP contribution is -2.30. The van der Waals surface area contributed by atoms with Crippen molar-refractivity contribution in [3.8, 4) is 0 Å². The minimum Gasteiger partial charge on any atom is -0.462 e. The summed E-state index contributed by atoms with van der Waals surface area (Å²) in [5.41, 5.74) is 0. The van der Waals surface area contributed by atoms with Gasteiger partial charge < -0.3 is 33.8 Å². The number of hydrogen-bond donors (Lipinski definition) is 3. The fourth-order valence-corrected chi connectivity index (χ4v) is 13.2. The maximum Gasteiger partial charge on any atom is 0.472 e. The van der Waals surface area contributed by atoms with Crippen LogP contribution in [0.15, 0.2) is 0 Å². The summed E-state index contributed by atoms with van der Waals surface area (Å²) < 4.78 is 68.5. The Morgan fingerprint density at radius 3 is 0.716 bits per heavy atom. The van der Waals surface area contributed by atoms with Crippen LogP contribution >= 0.6 is 15.6 Å². The van der Waals surface area contributed by atoms with E-state index in [9.17, 15) is 43.2 Å². The van der Waals surface area contributed by atoms with Gasteiger partial charge >= 0.3 is 39.5 Å². The average molecular weight is 1400 g/mol. The first-order valence-electron chi connectivity index (χ1n) is 39.5. The molecule has 0 aromatic carbocycles. The highest BCUT2D eigenvalue weighted by Crippen LogP contribution is 2.45.